The molecule has 0 aliphatic rings. The zero-order valence-electron chi connectivity index (χ0n) is 13.7. The van der Waals surface area contributed by atoms with Gasteiger partial charge in [-0.1, -0.05) is 37.3 Å². The maximum Gasteiger partial charge on any atom is 0.293 e. The van der Waals surface area contributed by atoms with Crippen LogP contribution in [0.5, 0.6) is 11.5 Å². The molecule has 0 radical (unpaired) electrons. The lowest BCUT2D eigenvalue weighted by Gasteiger charge is -2.19. The molecule has 122 valence electrons. The fraction of sp³-hybridized carbons (Fsp3) is 0.150. The summed E-state index contributed by atoms with van der Waals surface area (Å²) in [5.74, 6) is 2.24. The minimum atomic E-state index is -0.209. The molecule has 0 N–H and O–H groups in total. The zero-order valence-corrected chi connectivity index (χ0v) is 13.7. The Morgan fingerprint density at radius 3 is 2.42 bits per heavy atom. The van der Waals surface area contributed by atoms with Crippen LogP contribution >= 0.6 is 0 Å². The van der Waals surface area contributed by atoms with Crippen LogP contribution in [0.2, 0.25) is 0 Å². The molecular weight excluding hydrogens is 302 g/mol. The van der Waals surface area contributed by atoms with E-state index in [9.17, 15) is 4.79 Å². The van der Waals surface area contributed by atoms with Crippen LogP contribution in [0.15, 0.2) is 71.1 Å². The molecule has 0 spiro atoms. The first kappa shape index (κ1) is 15.9. The van der Waals surface area contributed by atoms with Gasteiger partial charge >= 0.3 is 0 Å². The van der Waals surface area contributed by atoms with Crippen LogP contribution in [-0.4, -0.2) is 13.0 Å². The summed E-state index contributed by atoms with van der Waals surface area (Å²) in [5, 5.41) is 0. The third kappa shape index (κ3) is 3.33. The molecule has 0 aliphatic carbocycles. The van der Waals surface area contributed by atoms with Crippen LogP contribution in [0.1, 0.15) is 23.2 Å². The number of carbonyl (C=O) groups is 1. The minimum Gasteiger partial charge on any atom is -0.456 e. The summed E-state index contributed by atoms with van der Waals surface area (Å²) in [6, 6.07) is 20.5. The summed E-state index contributed by atoms with van der Waals surface area (Å²) in [6.07, 6.45) is 0.755. The first-order valence-electron chi connectivity index (χ1n) is 7.87. The van der Waals surface area contributed by atoms with Crippen LogP contribution in [0, 0.1) is 0 Å². The third-order valence-electron chi connectivity index (χ3n) is 3.72. The predicted molar refractivity (Wildman–Crippen MR) is 93.8 cm³/mol. The molecule has 4 nitrogen and oxygen atoms in total. The quantitative estimate of drug-likeness (QED) is 0.670. The van der Waals surface area contributed by atoms with Gasteiger partial charge in [-0.15, -0.1) is 0 Å². The Morgan fingerprint density at radius 2 is 1.71 bits per heavy atom. The Bertz CT molecular complexity index is 824. The number of para-hydroxylation sites is 3. The molecule has 2 aromatic carbocycles. The highest BCUT2D eigenvalue weighted by molar-refractivity contribution is 6.04. The van der Waals surface area contributed by atoms with E-state index < -0.39 is 0 Å². The second-order valence-corrected chi connectivity index (χ2v) is 5.37. The van der Waals surface area contributed by atoms with Crippen molar-refractivity contribution in [3.05, 3.63) is 78.3 Å². The summed E-state index contributed by atoms with van der Waals surface area (Å²) in [5.41, 5.74) is 0.681. The maximum atomic E-state index is 12.7. The number of ether oxygens (including phenoxy) is 1. The monoisotopic (exact) mass is 321 g/mol. The van der Waals surface area contributed by atoms with Crippen molar-refractivity contribution in [1.29, 1.82) is 0 Å². The molecule has 3 rings (SSSR count). The average Bonchev–Trinajstić information content (AvgIpc) is 3.11. The maximum absolute atomic E-state index is 12.7. The number of rotatable bonds is 5. The van der Waals surface area contributed by atoms with Gasteiger partial charge in [0.1, 0.15) is 11.5 Å². The fourth-order valence-corrected chi connectivity index (χ4v) is 2.39. The fourth-order valence-electron chi connectivity index (χ4n) is 2.39. The number of carbonyl (C=O) groups excluding carboxylic acids is 1. The Morgan fingerprint density at radius 1 is 1.00 bits per heavy atom. The molecule has 4 heteroatoms. The van der Waals surface area contributed by atoms with Crippen LogP contribution in [0.3, 0.4) is 0 Å². The number of hydrogen-bond acceptors (Lipinski definition) is 3. The van der Waals surface area contributed by atoms with E-state index in [0.717, 1.165) is 17.9 Å². The molecule has 0 unspecified atom stereocenters. The topological polar surface area (TPSA) is 42.7 Å². The second-order valence-electron chi connectivity index (χ2n) is 5.37. The van der Waals surface area contributed by atoms with Crippen molar-refractivity contribution in [3.63, 3.8) is 0 Å². The third-order valence-corrected chi connectivity index (χ3v) is 3.72. The minimum absolute atomic E-state index is 0.209. The number of anilines is 1. The van der Waals surface area contributed by atoms with Gasteiger partial charge < -0.3 is 14.1 Å². The molecule has 0 saturated heterocycles. The van der Waals surface area contributed by atoms with Gasteiger partial charge in [0.2, 0.25) is 0 Å². The number of benzene rings is 2. The van der Waals surface area contributed by atoms with Crippen LogP contribution in [0.4, 0.5) is 5.69 Å². The number of nitrogens with zero attached hydrogens (tertiary/aromatic N) is 1. The Balaban J connectivity index is 1.87. The highest BCUT2D eigenvalue weighted by Gasteiger charge is 2.20. The van der Waals surface area contributed by atoms with E-state index in [2.05, 4.69) is 0 Å². The molecule has 0 atom stereocenters. The summed E-state index contributed by atoms with van der Waals surface area (Å²) in [4.78, 5) is 14.2. The van der Waals surface area contributed by atoms with E-state index in [4.69, 9.17) is 9.15 Å². The molecule has 1 aromatic heterocycles. The van der Waals surface area contributed by atoms with Crippen molar-refractivity contribution in [2.45, 2.75) is 13.3 Å². The Kier molecular flexibility index (Phi) is 4.66. The molecule has 3 aromatic rings. The summed E-state index contributed by atoms with van der Waals surface area (Å²) in [7, 11) is 1.71. The van der Waals surface area contributed by atoms with E-state index in [1.54, 1.807) is 13.1 Å². The van der Waals surface area contributed by atoms with E-state index in [1.165, 1.54) is 4.90 Å². The van der Waals surface area contributed by atoms with Crippen molar-refractivity contribution >= 4 is 11.6 Å². The van der Waals surface area contributed by atoms with Gasteiger partial charge in [0.25, 0.3) is 5.91 Å². The van der Waals surface area contributed by atoms with Gasteiger partial charge in [-0.3, -0.25) is 4.79 Å². The van der Waals surface area contributed by atoms with Crippen molar-refractivity contribution in [1.82, 2.24) is 0 Å². The molecule has 1 amide bonds. The summed E-state index contributed by atoms with van der Waals surface area (Å²) < 4.78 is 11.5. The average molecular weight is 321 g/mol. The lowest BCUT2D eigenvalue weighted by molar-refractivity contribution is 0.0964. The van der Waals surface area contributed by atoms with Gasteiger partial charge in [-0.2, -0.15) is 0 Å². The number of hydrogen-bond donors (Lipinski definition) is 0. The van der Waals surface area contributed by atoms with E-state index in [-0.39, 0.29) is 5.91 Å². The van der Waals surface area contributed by atoms with Crippen LogP contribution < -0.4 is 9.64 Å². The SMILES string of the molecule is CCc1ccc(C(=O)N(C)c2ccccc2Oc2ccccc2)o1. The van der Waals surface area contributed by atoms with Crippen molar-refractivity contribution in [3.8, 4) is 11.5 Å². The van der Waals surface area contributed by atoms with Crippen LogP contribution in [-0.2, 0) is 6.42 Å². The predicted octanol–water partition coefficient (Wildman–Crippen LogP) is 4.91. The van der Waals surface area contributed by atoms with Crippen molar-refractivity contribution in [2.75, 3.05) is 11.9 Å². The second kappa shape index (κ2) is 7.04. The normalized spacial score (nSPS) is 10.4. The molecule has 0 aliphatic heterocycles. The number of furan rings is 1. The summed E-state index contributed by atoms with van der Waals surface area (Å²) in [6.45, 7) is 1.99. The van der Waals surface area contributed by atoms with Gasteiger partial charge in [-0.25, -0.2) is 0 Å². The standard InChI is InChI=1S/C20H19NO3/c1-3-15-13-14-19(23-15)20(22)21(2)17-11-7-8-12-18(17)24-16-9-5-4-6-10-16/h4-14H,3H2,1-2H3. The van der Waals surface area contributed by atoms with Crippen LogP contribution in [0.25, 0.3) is 0 Å². The molecule has 0 bridgehead atoms. The van der Waals surface area contributed by atoms with Gasteiger partial charge in [0.15, 0.2) is 11.5 Å². The number of aryl methyl sites for hydroxylation is 1. The molecule has 0 fully saturated rings. The van der Waals surface area contributed by atoms with E-state index in [0.29, 0.717) is 17.2 Å². The first-order valence-corrected chi connectivity index (χ1v) is 7.87. The molecule has 1 heterocycles. The lowest BCUT2D eigenvalue weighted by Crippen LogP contribution is -2.26. The highest BCUT2D eigenvalue weighted by Crippen LogP contribution is 2.32. The van der Waals surface area contributed by atoms with Gasteiger partial charge in [-0.05, 0) is 36.4 Å². The van der Waals surface area contributed by atoms with E-state index in [1.807, 2.05) is 67.6 Å². The van der Waals surface area contributed by atoms with Crippen molar-refractivity contribution in [2.24, 2.45) is 0 Å². The Labute approximate surface area is 141 Å². The van der Waals surface area contributed by atoms with Gasteiger partial charge in [0.05, 0.1) is 5.69 Å². The van der Waals surface area contributed by atoms with Gasteiger partial charge in [0, 0.05) is 13.5 Å². The number of amides is 1. The Hall–Kier alpha value is -3.01. The van der Waals surface area contributed by atoms with E-state index >= 15 is 0 Å². The largest absolute Gasteiger partial charge is 0.456 e. The highest BCUT2D eigenvalue weighted by atomic mass is 16.5. The first-order chi connectivity index (χ1) is 11.7. The smallest absolute Gasteiger partial charge is 0.293 e. The molecule has 0 saturated carbocycles. The lowest BCUT2D eigenvalue weighted by atomic mass is 10.2. The van der Waals surface area contributed by atoms with Crippen molar-refractivity contribution < 1.29 is 13.9 Å². The molecular formula is C20H19NO3. The summed E-state index contributed by atoms with van der Waals surface area (Å²) >= 11 is 0. The molecule has 24 heavy (non-hydrogen) atoms. The zero-order chi connectivity index (χ0) is 16.9.